The van der Waals surface area contributed by atoms with Crippen LogP contribution in [0.4, 0.5) is 0 Å². The first-order valence-corrected chi connectivity index (χ1v) is 9.70. The van der Waals surface area contributed by atoms with Gasteiger partial charge in [0.15, 0.2) is 11.5 Å². The zero-order valence-corrected chi connectivity index (χ0v) is 17.0. The van der Waals surface area contributed by atoms with Crippen molar-refractivity contribution in [3.05, 3.63) is 57.6 Å². The van der Waals surface area contributed by atoms with E-state index in [-0.39, 0.29) is 18.4 Å². The van der Waals surface area contributed by atoms with Gasteiger partial charge in [-0.2, -0.15) is 5.26 Å². The summed E-state index contributed by atoms with van der Waals surface area (Å²) < 4.78 is 12.0. The van der Waals surface area contributed by atoms with Gasteiger partial charge in [-0.15, -0.1) is 0 Å². The van der Waals surface area contributed by atoms with E-state index in [1.165, 1.54) is 0 Å². The van der Waals surface area contributed by atoms with Crippen LogP contribution in [0, 0.1) is 11.3 Å². The van der Waals surface area contributed by atoms with Gasteiger partial charge in [-0.25, -0.2) is 0 Å². The summed E-state index contributed by atoms with van der Waals surface area (Å²) in [5.74, 6) is 1.41. The smallest absolute Gasteiger partial charge is 0.227 e. The standard InChI is InChI=1S/C21H21BrN2O3/c1-3-24(14(2)16-6-4-15(13-23)5-7-16)21(25)11-17-10-19-20(12-18(17)22)27-9-8-26-19/h4-7,10,12,14H,3,8-9,11H2,1-2H3. The fourth-order valence-electron chi connectivity index (χ4n) is 3.19. The average molecular weight is 429 g/mol. The number of hydrogen-bond acceptors (Lipinski definition) is 4. The maximum Gasteiger partial charge on any atom is 0.227 e. The van der Waals surface area contributed by atoms with Crippen LogP contribution in [0.5, 0.6) is 11.5 Å². The highest BCUT2D eigenvalue weighted by molar-refractivity contribution is 9.10. The topological polar surface area (TPSA) is 62.6 Å². The minimum Gasteiger partial charge on any atom is -0.486 e. The number of carbonyl (C=O) groups is 1. The van der Waals surface area contributed by atoms with E-state index in [2.05, 4.69) is 22.0 Å². The molecule has 0 saturated heterocycles. The number of fused-ring (bicyclic) bond motifs is 1. The lowest BCUT2D eigenvalue weighted by atomic mass is 10.0. The van der Waals surface area contributed by atoms with Crippen molar-refractivity contribution in [2.24, 2.45) is 0 Å². The second-order valence-corrected chi connectivity index (χ2v) is 7.21. The van der Waals surface area contributed by atoms with E-state index >= 15 is 0 Å². The van der Waals surface area contributed by atoms with Gasteiger partial charge in [-0.3, -0.25) is 4.79 Å². The third-order valence-electron chi connectivity index (χ3n) is 4.70. The van der Waals surface area contributed by atoms with Crippen molar-refractivity contribution in [2.75, 3.05) is 19.8 Å². The Morgan fingerprint density at radius 1 is 1.22 bits per heavy atom. The average Bonchev–Trinajstić information content (AvgIpc) is 2.69. The molecule has 27 heavy (non-hydrogen) atoms. The Bertz CT molecular complexity index is 874. The quantitative estimate of drug-likeness (QED) is 0.713. The minimum atomic E-state index is -0.0776. The molecule has 1 aliphatic rings. The van der Waals surface area contributed by atoms with Gasteiger partial charge in [0.25, 0.3) is 0 Å². The van der Waals surface area contributed by atoms with Gasteiger partial charge in [0.1, 0.15) is 13.2 Å². The van der Waals surface area contributed by atoms with Gasteiger partial charge < -0.3 is 14.4 Å². The zero-order chi connectivity index (χ0) is 19.4. The van der Waals surface area contributed by atoms with Crippen LogP contribution >= 0.6 is 15.9 Å². The number of halogens is 1. The number of amides is 1. The molecule has 0 radical (unpaired) electrons. The molecule has 1 unspecified atom stereocenters. The Hall–Kier alpha value is -2.52. The second-order valence-electron chi connectivity index (χ2n) is 6.35. The summed E-state index contributed by atoms with van der Waals surface area (Å²) in [6.07, 6.45) is 0.270. The van der Waals surface area contributed by atoms with Crippen LogP contribution in [0.2, 0.25) is 0 Å². The van der Waals surface area contributed by atoms with Gasteiger partial charge in [0.2, 0.25) is 5.91 Å². The van der Waals surface area contributed by atoms with Gasteiger partial charge in [-0.05, 0) is 49.2 Å². The molecule has 1 aliphatic heterocycles. The summed E-state index contributed by atoms with van der Waals surface area (Å²) >= 11 is 3.54. The maximum absolute atomic E-state index is 13.0. The summed E-state index contributed by atoms with van der Waals surface area (Å²) in [4.78, 5) is 14.8. The first kappa shape index (κ1) is 19.2. The van der Waals surface area contributed by atoms with Crippen molar-refractivity contribution < 1.29 is 14.3 Å². The van der Waals surface area contributed by atoms with Crippen molar-refractivity contribution in [1.29, 1.82) is 5.26 Å². The van der Waals surface area contributed by atoms with Crippen molar-refractivity contribution in [2.45, 2.75) is 26.3 Å². The van der Waals surface area contributed by atoms with E-state index < -0.39 is 0 Å². The monoisotopic (exact) mass is 428 g/mol. The Morgan fingerprint density at radius 3 is 2.44 bits per heavy atom. The largest absolute Gasteiger partial charge is 0.486 e. The molecule has 3 rings (SSSR count). The molecule has 0 N–H and O–H groups in total. The molecule has 0 aliphatic carbocycles. The lowest BCUT2D eigenvalue weighted by Crippen LogP contribution is -2.34. The Morgan fingerprint density at radius 2 is 1.85 bits per heavy atom. The maximum atomic E-state index is 13.0. The van der Waals surface area contributed by atoms with Gasteiger partial charge in [-0.1, -0.05) is 28.1 Å². The second kappa shape index (κ2) is 8.45. The third-order valence-corrected chi connectivity index (χ3v) is 5.44. The molecule has 0 fully saturated rings. The molecule has 2 aromatic rings. The lowest BCUT2D eigenvalue weighted by molar-refractivity contribution is -0.132. The van der Waals surface area contributed by atoms with Crippen LogP contribution in [0.1, 0.15) is 36.6 Å². The van der Waals surface area contributed by atoms with Crippen molar-refractivity contribution in [1.82, 2.24) is 4.90 Å². The van der Waals surface area contributed by atoms with Crippen LogP contribution in [0.25, 0.3) is 0 Å². The molecule has 140 valence electrons. The fourth-order valence-corrected chi connectivity index (χ4v) is 3.65. The van der Waals surface area contributed by atoms with E-state index in [1.54, 1.807) is 12.1 Å². The van der Waals surface area contributed by atoms with Crippen molar-refractivity contribution in [3.63, 3.8) is 0 Å². The predicted octanol–water partition coefficient (Wildman–Crippen LogP) is 4.24. The molecule has 0 spiro atoms. The summed E-state index contributed by atoms with van der Waals surface area (Å²) in [7, 11) is 0. The van der Waals surface area contributed by atoms with E-state index in [4.69, 9.17) is 14.7 Å². The van der Waals surface area contributed by atoms with Crippen LogP contribution in [0.15, 0.2) is 40.9 Å². The minimum absolute atomic E-state index is 0.0340. The molecule has 1 atom stereocenters. The molecule has 0 saturated carbocycles. The summed E-state index contributed by atoms with van der Waals surface area (Å²) in [6, 6.07) is 13.1. The molecule has 2 aromatic carbocycles. The number of hydrogen-bond donors (Lipinski definition) is 0. The normalized spacial score (nSPS) is 13.6. The number of likely N-dealkylation sites (N-methyl/N-ethyl adjacent to an activating group) is 1. The molecule has 0 aromatic heterocycles. The van der Waals surface area contributed by atoms with Crippen molar-refractivity contribution >= 4 is 21.8 Å². The van der Waals surface area contributed by atoms with Gasteiger partial charge in [0.05, 0.1) is 24.1 Å². The fraction of sp³-hybridized carbons (Fsp3) is 0.333. The van der Waals surface area contributed by atoms with E-state index in [9.17, 15) is 4.79 Å². The zero-order valence-electron chi connectivity index (χ0n) is 15.4. The predicted molar refractivity (Wildman–Crippen MR) is 106 cm³/mol. The molecular formula is C21H21BrN2O3. The molecule has 1 heterocycles. The van der Waals surface area contributed by atoms with Crippen LogP contribution in [-0.2, 0) is 11.2 Å². The van der Waals surface area contributed by atoms with Gasteiger partial charge >= 0.3 is 0 Å². The van der Waals surface area contributed by atoms with Crippen LogP contribution in [0.3, 0.4) is 0 Å². The van der Waals surface area contributed by atoms with Crippen molar-refractivity contribution in [3.8, 4) is 17.6 Å². The lowest BCUT2D eigenvalue weighted by Gasteiger charge is -2.29. The van der Waals surface area contributed by atoms with E-state index in [0.29, 0.717) is 36.8 Å². The van der Waals surface area contributed by atoms with Gasteiger partial charge in [0, 0.05) is 11.0 Å². The van der Waals surface area contributed by atoms with Crippen LogP contribution in [-0.4, -0.2) is 30.6 Å². The Labute approximate surface area is 167 Å². The SMILES string of the molecule is CCN(C(=O)Cc1cc2c(cc1Br)OCCO2)C(C)c1ccc(C#N)cc1. The third kappa shape index (κ3) is 4.25. The first-order valence-electron chi connectivity index (χ1n) is 8.91. The van der Waals surface area contributed by atoms with E-state index in [1.807, 2.05) is 43.0 Å². The number of nitriles is 1. The molecule has 0 bridgehead atoms. The van der Waals surface area contributed by atoms with Crippen LogP contribution < -0.4 is 9.47 Å². The highest BCUT2D eigenvalue weighted by Crippen LogP contribution is 2.36. The first-order chi connectivity index (χ1) is 13.0. The summed E-state index contributed by atoms with van der Waals surface area (Å²) in [6.45, 7) is 5.61. The Kier molecular flexibility index (Phi) is 6.02. The number of benzene rings is 2. The summed E-state index contributed by atoms with van der Waals surface area (Å²) in [5, 5.41) is 8.95. The number of ether oxygens (including phenoxy) is 2. The molecular weight excluding hydrogens is 408 g/mol. The molecule has 5 nitrogen and oxygen atoms in total. The number of rotatable bonds is 5. The molecule has 1 amide bonds. The number of nitrogens with zero attached hydrogens (tertiary/aromatic N) is 2. The highest BCUT2D eigenvalue weighted by atomic mass is 79.9. The summed E-state index contributed by atoms with van der Waals surface area (Å²) in [5.41, 5.74) is 2.49. The Balaban J connectivity index is 1.77. The number of carbonyl (C=O) groups excluding carboxylic acids is 1. The van der Waals surface area contributed by atoms with E-state index in [0.717, 1.165) is 15.6 Å². The molecule has 6 heteroatoms. The highest BCUT2D eigenvalue weighted by Gasteiger charge is 2.22.